The van der Waals surface area contributed by atoms with Crippen LogP contribution in [0.4, 0.5) is 5.69 Å². The second-order valence-corrected chi connectivity index (χ2v) is 8.50. The lowest BCUT2D eigenvalue weighted by molar-refractivity contribution is -0.114. The predicted octanol–water partition coefficient (Wildman–Crippen LogP) is 4.04. The molecule has 0 atom stereocenters. The molecule has 0 spiro atoms. The molecule has 0 fully saturated rings. The fourth-order valence-corrected chi connectivity index (χ4v) is 4.36. The van der Waals surface area contributed by atoms with Crippen molar-refractivity contribution in [3.63, 3.8) is 0 Å². The number of benzene rings is 2. The van der Waals surface area contributed by atoms with Crippen LogP contribution in [0.3, 0.4) is 0 Å². The van der Waals surface area contributed by atoms with E-state index < -0.39 is 0 Å². The van der Waals surface area contributed by atoms with E-state index in [1.165, 1.54) is 24.3 Å². The number of hydrogen-bond acceptors (Lipinski definition) is 6. The zero-order valence-electron chi connectivity index (χ0n) is 19.2. The number of allylic oxidation sites excluding steroid dienone is 3. The van der Waals surface area contributed by atoms with Crippen LogP contribution in [0.25, 0.3) is 33.2 Å². The van der Waals surface area contributed by atoms with E-state index in [1.54, 1.807) is 33.8 Å². The molecule has 1 aliphatic carbocycles. The van der Waals surface area contributed by atoms with Gasteiger partial charge in [0.05, 0.1) is 28.1 Å². The highest BCUT2D eigenvalue weighted by atomic mass is 16.1. The third kappa shape index (κ3) is 3.61. The molecule has 0 unspecified atom stereocenters. The highest BCUT2D eigenvalue weighted by Crippen LogP contribution is 2.28. The molecule has 0 aliphatic heterocycles. The van der Waals surface area contributed by atoms with Crippen molar-refractivity contribution >= 4 is 39.1 Å². The summed E-state index contributed by atoms with van der Waals surface area (Å²) >= 11 is 0. The molecule has 0 amide bonds. The largest absolute Gasteiger partial charge is 0.352 e. The van der Waals surface area contributed by atoms with Crippen molar-refractivity contribution in [2.75, 3.05) is 5.32 Å². The Kier molecular flexibility index (Phi) is 4.93. The van der Waals surface area contributed by atoms with Crippen molar-refractivity contribution in [2.24, 2.45) is 0 Å². The average molecular weight is 473 g/mol. The lowest BCUT2D eigenvalue weighted by Crippen LogP contribution is -2.19. The predicted molar refractivity (Wildman–Crippen MR) is 138 cm³/mol. The first kappa shape index (κ1) is 21.4. The Morgan fingerprint density at radius 2 is 1.78 bits per heavy atom. The van der Waals surface area contributed by atoms with Crippen LogP contribution in [0.2, 0.25) is 0 Å². The number of ketones is 2. The van der Waals surface area contributed by atoms with Crippen molar-refractivity contribution in [1.82, 2.24) is 19.3 Å². The Bertz CT molecular complexity index is 1830. The van der Waals surface area contributed by atoms with Crippen LogP contribution in [0.5, 0.6) is 0 Å². The van der Waals surface area contributed by atoms with Crippen molar-refractivity contribution in [3.05, 3.63) is 113 Å². The normalized spacial score (nSPS) is 13.4. The molecule has 3 aromatic heterocycles. The highest BCUT2D eigenvalue weighted by molar-refractivity contribution is 6.18. The van der Waals surface area contributed by atoms with Gasteiger partial charge in [-0.15, -0.1) is 0 Å². The number of carbonyl (C=O) groups excluding carboxylic acids is 2. The lowest BCUT2D eigenvalue weighted by atomic mass is 10.1. The first-order chi connectivity index (χ1) is 17.5. The Hall–Kier alpha value is -5.11. The summed E-state index contributed by atoms with van der Waals surface area (Å²) in [5.74, 6) is -0.548. The van der Waals surface area contributed by atoms with Crippen LogP contribution in [0.15, 0.2) is 102 Å². The van der Waals surface area contributed by atoms with E-state index in [2.05, 4.69) is 15.4 Å². The van der Waals surface area contributed by atoms with E-state index in [-0.39, 0.29) is 22.8 Å². The monoisotopic (exact) mass is 473 g/mol. The molecule has 0 radical (unpaired) electrons. The minimum absolute atomic E-state index is 0.187. The van der Waals surface area contributed by atoms with Gasteiger partial charge in [0.1, 0.15) is 0 Å². The highest BCUT2D eigenvalue weighted by Gasteiger charge is 2.16. The Balaban J connectivity index is 1.56. The van der Waals surface area contributed by atoms with E-state index in [1.807, 2.05) is 49.5 Å². The third-order valence-corrected chi connectivity index (χ3v) is 6.17. The summed E-state index contributed by atoms with van der Waals surface area (Å²) in [4.78, 5) is 41.9. The van der Waals surface area contributed by atoms with E-state index in [4.69, 9.17) is 0 Å². The number of rotatable bonds is 4. The van der Waals surface area contributed by atoms with Crippen LogP contribution >= 0.6 is 0 Å². The zero-order valence-corrected chi connectivity index (χ0v) is 19.2. The van der Waals surface area contributed by atoms with Gasteiger partial charge in [-0.3, -0.25) is 23.9 Å². The summed E-state index contributed by atoms with van der Waals surface area (Å²) < 4.78 is 3.39. The summed E-state index contributed by atoms with van der Waals surface area (Å²) in [5, 5.41) is 8.99. The van der Waals surface area contributed by atoms with Crippen LogP contribution in [-0.4, -0.2) is 30.9 Å². The summed E-state index contributed by atoms with van der Waals surface area (Å²) in [6.07, 6.45) is 9.06. The maximum Gasteiger partial charge on any atom is 0.255 e. The molecule has 2 aromatic carbocycles. The van der Waals surface area contributed by atoms with Gasteiger partial charge in [0.2, 0.25) is 5.78 Å². The van der Waals surface area contributed by atoms with Gasteiger partial charge in [0.25, 0.3) is 5.56 Å². The fourth-order valence-electron chi connectivity index (χ4n) is 4.36. The van der Waals surface area contributed by atoms with Gasteiger partial charge in [0, 0.05) is 47.2 Å². The van der Waals surface area contributed by atoms with E-state index in [9.17, 15) is 14.4 Å². The minimum Gasteiger partial charge on any atom is -0.352 e. The smallest absolute Gasteiger partial charge is 0.255 e. The quantitative estimate of drug-likeness (QED) is 0.313. The maximum atomic E-state index is 13.3. The number of aryl methyl sites for hydroxylation is 1. The molecule has 1 aliphatic rings. The number of hydrogen-bond donors (Lipinski definition) is 1. The molecule has 0 bridgehead atoms. The van der Waals surface area contributed by atoms with E-state index in [0.29, 0.717) is 16.9 Å². The van der Waals surface area contributed by atoms with Gasteiger partial charge < -0.3 is 5.32 Å². The molecular formula is C28H19N5O3. The number of carbonyl (C=O) groups is 2. The molecule has 8 nitrogen and oxygen atoms in total. The summed E-state index contributed by atoms with van der Waals surface area (Å²) in [7, 11) is 0. The SMILES string of the molecule is Cc1ccc(-n2c(=O)ccc3cnc4ccc(-n5cccn5)cc4c32)cc1NC1=CC(=O)C=CC1=O. The minimum atomic E-state index is -0.287. The van der Waals surface area contributed by atoms with Crippen LogP contribution in [0, 0.1) is 6.92 Å². The van der Waals surface area contributed by atoms with Crippen molar-refractivity contribution in [1.29, 1.82) is 0 Å². The number of pyridine rings is 2. The van der Waals surface area contributed by atoms with Gasteiger partial charge in [-0.05, 0) is 67.1 Å². The molecule has 3 heterocycles. The van der Waals surface area contributed by atoms with Crippen molar-refractivity contribution in [3.8, 4) is 11.4 Å². The molecule has 6 rings (SSSR count). The zero-order chi connectivity index (χ0) is 24.8. The Morgan fingerprint density at radius 3 is 2.61 bits per heavy atom. The maximum absolute atomic E-state index is 13.3. The lowest BCUT2D eigenvalue weighted by Gasteiger charge is -2.17. The topological polar surface area (TPSA) is 98.9 Å². The van der Waals surface area contributed by atoms with Crippen molar-refractivity contribution < 1.29 is 9.59 Å². The molecule has 36 heavy (non-hydrogen) atoms. The second kappa shape index (κ2) is 8.28. The van der Waals surface area contributed by atoms with Gasteiger partial charge in [0.15, 0.2) is 5.78 Å². The van der Waals surface area contributed by atoms with Crippen molar-refractivity contribution in [2.45, 2.75) is 6.92 Å². The molecule has 174 valence electrons. The van der Waals surface area contributed by atoms with Gasteiger partial charge in [-0.2, -0.15) is 5.10 Å². The van der Waals surface area contributed by atoms with E-state index in [0.717, 1.165) is 27.5 Å². The number of anilines is 1. The standard InChI is InChI=1S/C28H19N5O3/c1-17-3-5-20(14-24(17)31-25-15-21(34)7-9-26(25)35)33-27(36)10-4-18-16-29-23-8-6-19(13-22(23)28(18)33)32-12-2-11-30-32/h2-16,31H,1H3. The average Bonchev–Trinajstić information content (AvgIpc) is 3.42. The summed E-state index contributed by atoms with van der Waals surface area (Å²) in [6, 6.07) is 16.4. The fraction of sp³-hybridized carbons (Fsp3) is 0.0357. The Labute approximate surface area is 204 Å². The third-order valence-electron chi connectivity index (χ3n) is 6.17. The molecular weight excluding hydrogens is 454 g/mol. The number of aromatic nitrogens is 4. The molecule has 1 N–H and O–H groups in total. The summed E-state index contributed by atoms with van der Waals surface area (Å²) in [6.45, 7) is 1.89. The molecule has 8 heteroatoms. The van der Waals surface area contributed by atoms with Gasteiger partial charge in [-0.25, -0.2) is 4.68 Å². The van der Waals surface area contributed by atoms with Gasteiger partial charge in [-0.1, -0.05) is 6.07 Å². The van der Waals surface area contributed by atoms with Gasteiger partial charge >= 0.3 is 0 Å². The van der Waals surface area contributed by atoms with Crippen LogP contribution < -0.4 is 10.9 Å². The van der Waals surface area contributed by atoms with Crippen LogP contribution in [0.1, 0.15) is 5.56 Å². The summed E-state index contributed by atoms with van der Waals surface area (Å²) in [5.41, 5.74) is 4.36. The number of nitrogens with zero attached hydrogens (tertiary/aromatic N) is 4. The van der Waals surface area contributed by atoms with E-state index >= 15 is 0 Å². The molecule has 0 saturated heterocycles. The number of fused-ring (bicyclic) bond motifs is 3. The first-order valence-corrected chi connectivity index (χ1v) is 11.3. The first-order valence-electron chi connectivity index (χ1n) is 11.3. The van der Waals surface area contributed by atoms with Crippen LogP contribution in [-0.2, 0) is 9.59 Å². The molecule has 5 aromatic rings. The Morgan fingerprint density at radius 1 is 0.917 bits per heavy atom. The number of nitrogens with one attached hydrogen (secondary N) is 1. The molecule has 0 saturated carbocycles. The second-order valence-electron chi connectivity index (χ2n) is 8.50.